The number of carbonyl (C=O) groups is 2. The molecule has 0 amide bonds. The van der Waals surface area contributed by atoms with Gasteiger partial charge in [-0.1, -0.05) is 0 Å². The van der Waals surface area contributed by atoms with E-state index < -0.39 is 26.3 Å². The van der Waals surface area contributed by atoms with Gasteiger partial charge in [-0.2, -0.15) is 0 Å². The summed E-state index contributed by atoms with van der Waals surface area (Å²) in [5, 5.41) is 7.64. The van der Waals surface area contributed by atoms with Gasteiger partial charge < -0.3 is 5.11 Å². The number of carboxylic acids is 1. The number of aliphatic carboxylic acids is 1. The summed E-state index contributed by atoms with van der Waals surface area (Å²) in [5.74, 6) is -2.20. The minimum absolute atomic E-state index is 0.824. The Balaban J connectivity index is 0. The van der Waals surface area contributed by atoms with E-state index in [1.165, 1.54) is 0 Å². The number of carboxylic acid groups (broad SMARTS) is 1. The first-order valence-corrected chi connectivity index (χ1v) is 5.45. The van der Waals surface area contributed by atoms with Crippen LogP contribution in [-0.4, -0.2) is 43.7 Å². The fourth-order valence-electron chi connectivity index (χ4n) is 0. The predicted octanol–water partition coefficient (Wildman–Crippen LogP) is -2.51. The van der Waals surface area contributed by atoms with E-state index in [0.717, 1.165) is 6.92 Å². The third kappa shape index (κ3) is 44.7. The van der Waals surface area contributed by atoms with E-state index in [0.29, 0.717) is 0 Å². The van der Waals surface area contributed by atoms with Crippen molar-refractivity contribution in [2.75, 3.05) is 0 Å². The second-order valence-electron chi connectivity index (χ2n) is 1.37. The van der Waals surface area contributed by atoms with Crippen LogP contribution in [0.5, 0.6) is 0 Å². The topological polar surface area (TPSA) is 132 Å². The van der Waals surface area contributed by atoms with Gasteiger partial charge >= 0.3 is 36.5 Å². The summed E-state index contributed by atoms with van der Waals surface area (Å²) in [7, 11) is 0. The molecule has 0 rings (SSSR count). The van der Waals surface area contributed by atoms with Crippen molar-refractivity contribution in [1.29, 1.82) is 0 Å². The maximum absolute atomic E-state index is 9.54. The molecule has 0 heterocycles. The Labute approximate surface area is 64.6 Å². The molecule has 0 bridgehead atoms. The zero-order valence-corrected chi connectivity index (χ0v) is 7.34. The van der Waals surface area contributed by atoms with Crippen molar-refractivity contribution in [3.8, 4) is 0 Å². The first kappa shape index (κ1) is 13.0. The van der Waals surface area contributed by atoms with Gasteiger partial charge in [0.05, 0.1) is 0 Å². The van der Waals surface area contributed by atoms with Gasteiger partial charge in [0.15, 0.2) is 0 Å². The molecule has 8 heteroatoms. The van der Waals surface area contributed by atoms with Gasteiger partial charge in [-0.3, -0.25) is 4.79 Å². The Hall–Kier alpha value is -0.622. The van der Waals surface area contributed by atoms with E-state index in [9.17, 15) is 9.59 Å². The second-order valence-corrected chi connectivity index (χ2v) is 3.53. The van der Waals surface area contributed by atoms with Crippen molar-refractivity contribution < 1.29 is 30.7 Å². The minimum atomic E-state index is -5.12. The molecule has 0 unspecified atom stereocenters. The molecule has 66 valence electrons. The fraction of sp³-hybridized carbons (Fsp3) is 0.333. The van der Waals surface area contributed by atoms with Crippen molar-refractivity contribution in [3.63, 3.8) is 0 Å². The molecule has 0 saturated heterocycles. The molecule has 0 fully saturated rings. The van der Waals surface area contributed by atoms with Crippen molar-refractivity contribution >= 4 is 26.3 Å². The number of hydrogen-bond acceptors (Lipinski definition) is 3. The van der Waals surface area contributed by atoms with Crippen LogP contribution >= 0.6 is 0 Å². The molecular formula is C3H7AsO7. The van der Waals surface area contributed by atoms with E-state index in [1.807, 2.05) is 0 Å². The zero-order chi connectivity index (χ0) is 9.65. The molecule has 0 spiro atoms. The first-order valence-electron chi connectivity index (χ1n) is 2.16. The van der Waals surface area contributed by atoms with Gasteiger partial charge in [0.1, 0.15) is 0 Å². The summed E-state index contributed by atoms with van der Waals surface area (Å²) in [6.45, 7) is 1.00. The molecule has 0 aromatic carbocycles. The molecule has 0 atom stereocenters. The quantitative estimate of drug-likeness (QED) is 0.289. The molecule has 0 radical (unpaired) electrons. The third-order valence-electron chi connectivity index (χ3n) is 0.301. The van der Waals surface area contributed by atoms with Crippen LogP contribution in [0, 0.1) is 0 Å². The summed E-state index contributed by atoms with van der Waals surface area (Å²) < 4.78 is 30.7. The average Bonchev–Trinajstić information content (AvgIpc) is 1.59. The summed E-state index contributed by atoms with van der Waals surface area (Å²) in [5.41, 5.74) is 0. The predicted molar refractivity (Wildman–Crippen MR) is 31.4 cm³/mol. The van der Waals surface area contributed by atoms with Crippen LogP contribution in [0.15, 0.2) is 0 Å². The van der Waals surface area contributed by atoms with Gasteiger partial charge in [-0.25, -0.2) is 4.79 Å². The molecule has 0 aliphatic carbocycles. The summed E-state index contributed by atoms with van der Waals surface area (Å²) in [6, 6.07) is 0. The van der Waals surface area contributed by atoms with E-state index in [2.05, 4.69) is 0 Å². The number of Topliss-reactive ketones (excluding diaryl/α,β-unsaturated/α-hetero) is 1. The first-order chi connectivity index (χ1) is 4.64. The van der Waals surface area contributed by atoms with Crippen molar-refractivity contribution in [2.24, 2.45) is 0 Å². The SMILES string of the molecule is CC(=O)C(=O)O.O=[As](O)(O)O. The molecule has 0 aromatic rings. The molecule has 0 aliphatic rings. The number of hydrogen-bond donors (Lipinski definition) is 4. The van der Waals surface area contributed by atoms with E-state index in [1.54, 1.807) is 0 Å². The monoisotopic (exact) mass is 230 g/mol. The third-order valence-corrected chi connectivity index (χ3v) is 0.301. The molecule has 0 aromatic heterocycles. The van der Waals surface area contributed by atoms with Crippen molar-refractivity contribution in [1.82, 2.24) is 0 Å². The maximum atomic E-state index is 9.54. The van der Waals surface area contributed by atoms with Crippen LogP contribution in [0.3, 0.4) is 0 Å². The molecule has 0 saturated carbocycles. The molecule has 4 N–H and O–H groups in total. The van der Waals surface area contributed by atoms with Crippen molar-refractivity contribution in [3.05, 3.63) is 0 Å². The van der Waals surface area contributed by atoms with Gasteiger partial charge in [0.25, 0.3) is 0 Å². The van der Waals surface area contributed by atoms with Crippen LogP contribution < -0.4 is 0 Å². The van der Waals surface area contributed by atoms with Gasteiger partial charge in [-0.05, 0) is 0 Å². The molecule has 11 heavy (non-hydrogen) atoms. The van der Waals surface area contributed by atoms with Crippen LogP contribution in [0.1, 0.15) is 6.92 Å². The number of ketones is 1. The van der Waals surface area contributed by atoms with E-state index >= 15 is 0 Å². The Bertz CT molecular complexity index is 170. The van der Waals surface area contributed by atoms with Crippen LogP contribution in [-0.2, 0) is 13.3 Å². The second kappa shape index (κ2) is 5.09. The summed E-state index contributed by atoms with van der Waals surface area (Å²) in [4.78, 5) is 18.9. The van der Waals surface area contributed by atoms with Gasteiger partial charge in [0, 0.05) is 6.92 Å². The van der Waals surface area contributed by atoms with E-state index in [-0.39, 0.29) is 0 Å². The normalized spacial score (nSPS) is 9.45. The Morgan fingerprint density at radius 2 is 1.27 bits per heavy atom. The average molecular weight is 230 g/mol. The van der Waals surface area contributed by atoms with Crippen LogP contribution in [0.2, 0.25) is 0 Å². The number of carbonyl (C=O) groups excluding carboxylic acids is 1. The van der Waals surface area contributed by atoms with Gasteiger partial charge in [0.2, 0.25) is 5.78 Å². The Kier molecular flexibility index (Phi) is 6.01. The fourth-order valence-corrected chi connectivity index (χ4v) is 0. The summed E-state index contributed by atoms with van der Waals surface area (Å²) in [6.07, 6.45) is 0. The molecule has 7 nitrogen and oxygen atoms in total. The van der Waals surface area contributed by atoms with Crippen LogP contribution in [0.25, 0.3) is 0 Å². The molecule has 0 aliphatic heterocycles. The number of rotatable bonds is 1. The zero-order valence-electron chi connectivity index (χ0n) is 5.46. The van der Waals surface area contributed by atoms with Crippen LogP contribution in [0.4, 0.5) is 0 Å². The molecular weight excluding hydrogens is 223 g/mol. The van der Waals surface area contributed by atoms with Crippen molar-refractivity contribution in [2.45, 2.75) is 6.92 Å². The van der Waals surface area contributed by atoms with Gasteiger partial charge in [-0.15, -0.1) is 0 Å². The summed E-state index contributed by atoms with van der Waals surface area (Å²) >= 11 is -5.12. The van der Waals surface area contributed by atoms with E-state index in [4.69, 9.17) is 21.1 Å². The Morgan fingerprint density at radius 1 is 1.18 bits per heavy atom. The standard InChI is InChI=1S/C3H4O3.AsH3O4/c1-2(4)3(5)6;2-1(3,4)5/h1H3,(H,5,6);(H3,2,3,4,5). The Morgan fingerprint density at radius 3 is 1.27 bits per heavy atom.